The molecule has 0 saturated carbocycles. The molecule has 0 aromatic heterocycles. The lowest BCUT2D eigenvalue weighted by Gasteiger charge is -2.27. The van der Waals surface area contributed by atoms with E-state index in [9.17, 15) is 14.9 Å². The zero-order valence-electron chi connectivity index (χ0n) is 11.4. The van der Waals surface area contributed by atoms with Gasteiger partial charge in [-0.3, -0.25) is 20.2 Å². The zero-order chi connectivity index (χ0) is 14.7. The van der Waals surface area contributed by atoms with Crippen molar-refractivity contribution in [2.45, 2.75) is 19.0 Å². The largest absolute Gasteiger partial charge is 0.338 e. The summed E-state index contributed by atoms with van der Waals surface area (Å²) in [6.07, 6.45) is 0. The summed E-state index contributed by atoms with van der Waals surface area (Å²) in [5.41, 5.74) is 0.811. The average molecular weight is 295 g/mol. The molecule has 0 spiro atoms. The maximum atomic E-state index is 12.3. The molecule has 7 heteroatoms. The van der Waals surface area contributed by atoms with Crippen LogP contribution in [0.25, 0.3) is 0 Å². The molecule has 1 amide bonds. The number of benzene rings is 1. The molecule has 1 aromatic rings. The first-order chi connectivity index (χ1) is 9.50. The summed E-state index contributed by atoms with van der Waals surface area (Å²) in [5, 5.41) is 13.9. The van der Waals surface area contributed by atoms with E-state index in [1.807, 2.05) is 6.92 Å². The second-order valence-electron chi connectivity index (χ2n) is 4.75. The SMILES string of the molecule is CC(c1cccc([N+](=O)[O-])c1)N(C)C(=O)C1CSCN1. The number of hydrogen-bond donors (Lipinski definition) is 1. The van der Waals surface area contributed by atoms with Crippen molar-refractivity contribution in [3.05, 3.63) is 39.9 Å². The predicted octanol–water partition coefficient (Wildman–Crippen LogP) is 1.78. The van der Waals surface area contributed by atoms with E-state index in [2.05, 4.69) is 5.32 Å². The van der Waals surface area contributed by atoms with Crippen molar-refractivity contribution in [3.63, 3.8) is 0 Å². The van der Waals surface area contributed by atoms with Crippen LogP contribution in [0, 0.1) is 10.1 Å². The van der Waals surface area contributed by atoms with Gasteiger partial charge in [-0.25, -0.2) is 0 Å². The molecule has 1 heterocycles. The normalized spacial score (nSPS) is 19.6. The van der Waals surface area contributed by atoms with E-state index in [0.29, 0.717) is 0 Å². The first-order valence-electron chi connectivity index (χ1n) is 6.33. The molecule has 108 valence electrons. The third kappa shape index (κ3) is 3.10. The standard InChI is InChI=1S/C13H17N3O3S/c1-9(10-4-3-5-11(6-10)16(18)19)15(2)13(17)12-7-20-8-14-12/h3-6,9,12,14H,7-8H2,1-2H3. The van der Waals surface area contributed by atoms with Gasteiger partial charge in [0.2, 0.25) is 5.91 Å². The predicted molar refractivity (Wildman–Crippen MR) is 78.5 cm³/mol. The molecule has 1 N–H and O–H groups in total. The highest BCUT2D eigenvalue weighted by atomic mass is 32.2. The Balaban J connectivity index is 2.13. The Labute approximate surface area is 121 Å². The smallest absolute Gasteiger partial charge is 0.269 e. The molecule has 2 rings (SSSR count). The van der Waals surface area contributed by atoms with Crippen LogP contribution in [0.3, 0.4) is 0 Å². The van der Waals surface area contributed by atoms with Crippen LogP contribution >= 0.6 is 11.8 Å². The molecule has 0 bridgehead atoms. The van der Waals surface area contributed by atoms with Crippen LogP contribution in [0.15, 0.2) is 24.3 Å². The van der Waals surface area contributed by atoms with Crippen LogP contribution in [-0.2, 0) is 4.79 Å². The number of non-ortho nitro benzene ring substituents is 1. The minimum absolute atomic E-state index is 0.0222. The average Bonchev–Trinajstić information content (AvgIpc) is 2.99. The number of nitro groups is 1. The van der Waals surface area contributed by atoms with Gasteiger partial charge in [-0.2, -0.15) is 0 Å². The number of nitro benzene ring substituents is 1. The van der Waals surface area contributed by atoms with Crippen molar-refractivity contribution < 1.29 is 9.72 Å². The van der Waals surface area contributed by atoms with Crippen molar-refractivity contribution >= 4 is 23.4 Å². The third-order valence-electron chi connectivity index (χ3n) is 3.51. The van der Waals surface area contributed by atoms with E-state index >= 15 is 0 Å². The highest BCUT2D eigenvalue weighted by Crippen LogP contribution is 2.24. The van der Waals surface area contributed by atoms with E-state index in [1.54, 1.807) is 35.8 Å². The number of hydrogen-bond acceptors (Lipinski definition) is 5. The number of thioether (sulfide) groups is 1. The lowest BCUT2D eigenvalue weighted by atomic mass is 10.1. The van der Waals surface area contributed by atoms with Gasteiger partial charge in [-0.15, -0.1) is 11.8 Å². The highest BCUT2D eigenvalue weighted by Gasteiger charge is 2.28. The first kappa shape index (κ1) is 14.8. The molecule has 1 fully saturated rings. The number of carbonyl (C=O) groups is 1. The molecule has 1 saturated heterocycles. The molecule has 6 nitrogen and oxygen atoms in total. The summed E-state index contributed by atoms with van der Waals surface area (Å²) in [6.45, 7) is 1.87. The molecule has 1 aliphatic rings. The molecular formula is C13H17N3O3S. The molecule has 0 aliphatic carbocycles. The first-order valence-corrected chi connectivity index (χ1v) is 7.48. The summed E-state index contributed by atoms with van der Waals surface area (Å²) >= 11 is 1.69. The fraction of sp³-hybridized carbons (Fsp3) is 0.462. The lowest BCUT2D eigenvalue weighted by Crippen LogP contribution is -2.44. The van der Waals surface area contributed by atoms with Gasteiger partial charge >= 0.3 is 0 Å². The second kappa shape index (κ2) is 6.23. The fourth-order valence-corrected chi connectivity index (χ4v) is 3.05. The van der Waals surface area contributed by atoms with Gasteiger partial charge in [0, 0.05) is 30.8 Å². The number of rotatable bonds is 4. The van der Waals surface area contributed by atoms with E-state index in [-0.39, 0.29) is 23.7 Å². The molecule has 2 atom stereocenters. The Bertz CT molecular complexity index is 517. The van der Waals surface area contributed by atoms with Gasteiger partial charge in [-0.1, -0.05) is 12.1 Å². The topological polar surface area (TPSA) is 75.5 Å². The van der Waals surface area contributed by atoms with Gasteiger partial charge in [-0.05, 0) is 12.5 Å². The quantitative estimate of drug-likeness (QED) is 0.677. The fourth-order valence-electron chi connectivity index (χ4n) is 2.11. The van der Waals surface area contributed by atoms with Crippen LogP contribution in [0.2, 0.25) is 0 Å². The number of nitrogens with zero attached hydrogens (tertiary/aromatic N) is 2. The molecule has 1 aromatic carbocycles. The highest BCUT2D eigenvalue weighted by molar-refractivity contribution is 7.99. The molecule has 1 aliphatic heterocycles. The molecular weight excluding hydrogens is 278 g/mol. The lowest BCUT2D eigenvalue weighted by molar-refractivity contribution is -0.384. The van der Waals surface area contributed by atoms with E-state index < -0.39 is 4.92 Å². The second-order valence-corrected chi connectivity index (χ2v) is 5.78. The summed E-state index contributed by atoms with van der Waals surface area (Å²) in [4.78, 5) is 24.3. The monoisotopic (exact) mass is 295 g/mol. The maximum Gasteiger partial charge on any atom is 0.269 e. The van der Waals surface area contributed by atoms with Gasteiger partial charge in [0.1, 0.15) is 0 Å². The number of carbonyl (C=O) groups excluding carboxylic acids is 1. The van der Waals surface area contributed by atoms with E-state index in [1.165, 1.54) is 12.1 Å². The Morgan fingerprint density at radius 1 is 1.60 bits per heavy atom. The number of likely N-dealkylation sites (N-methyl/N-ethyl adjacent to an activating group) is 1. The maximum absolute atomic E-state index is 12.3. The van der Waals surface area contributed by atoms with Crippen molar-refractivity contribution in [3.8, 4) is 0 Å². The number of nitrogens with one attached hydrogen (secondary N) is 1. The van der Waals surface area contributed by atoms with Gasteiger partial charge in [0.25, 0.3) is 5.69 Å². The van der Waals surface area contributed by atoms with Crippen LogP contribution < -0.4 is 5.32 Å². The molecule has 2 unspecified atom stereocenters. The summed E-state index contributed by atoms with van der Waals surface area (Å²) in [6, 6.07) is 6.06. The molecule has 0 radical (unpaired) electrons. The Morgan fingerprint density at radius 3 is 2.95 bits per heavy atom. The third-order valence-corrected chi connectivity index (χ3v) is 4.45. The van der Waals surface area contributed by atoms with Crippen molar-refractivity contribution in [2.75, 3.05) is 18.7 Å². The molecule has 20 heavy (non-hydrogen) atoms. The minimum Gasteiger partial charge on any atom is -0.338 e. The van der Waals surface area contributed by atoms with Gasteiger partial charge in [0.15, 0.2) is 0 Å². The zero-order valence-corrected chi connectivity index (χ0v) is 12.2. The Hall–Kier alpha value is -1.60. The summed E-state index contributed by atoms with van der Waals surface area (Å²) in [7, 11) is 1.73. The van der Waals surface area contributed by atoms with Crippen molar-refractivity contribution in [1.29, 1.82) is 0 Å². The number of amides is 1. The van der Waals surface area contributed by atoms with E-state index in [4.69, 9.17) is 0 Å². The Kier molecular flexibility index (Phi) is 4.61. The van der Waals surface area contributed by atoms with Crippen LogP contribution in [0.5, 0.6) is 0 Å². The minimum atomic E-state index is -0.423. The van der Waals surface area contributed by atoms with Crippen molar-refractivity contribution in [2.24, 2.45) is 0 Å². The van der Waals surface area contributed by atoms with Gasteiger partial charge < -0.3 is 4.90 Å². The van der Waals surface area contributed by atoms with E-state index in [0.717, 1.165) is 17.2 Å². The van der Waals surface area contributed by atoms with Crippen LogP contribution in [-0.4, -0.2) is 40.4 Å². The summed E-state index contributed by atoms with van der Waals surface area (Å²) in [5.74, 6) is 1.58. The van der Waals surface area contributed by atoms with Gasteiger partial charge in [0.05, 0.1) is 17.0 Å². The van der Waals surface area contributed by atoms with Crippen molar-refractivity contribution in [1.82, 2.24) is 10.2 Å². The van der Waals surface area contributed by atoms with Crippen LogP contribution in [0.1, 0.15) is 18.5 Å². The Morgan fingerprint density at radius 2 is 2.35 bits per heavy atom. The summed E-state index contributed by atoms with van der Waals surface area (Å²) < 4.78 is 0. The van der Waals surface area contributed by atoms with Crippen LogP contribution in [0.4, 0.5) is 5.69 Å².